The van der Waals surface area contributed by atoms with E-state index in [9.17, 15) is 0 Å². The van der Waals surface area contributed by atoms with Crippen LogP contribution in [0.3, 0.4) is 0 Å². The first-order chi connectivity index (χ1) is 9.33. The van der Waals surface area contributed by atoms with Crippen molar-refractivity contribution in [3.8, 4) is 0 Å². The molecule has 4 unspecified atom stereocenters. The Morgan fingerprint density at radius 3 is 2.21 bits per heavy atom. The Morgan fingerprint density at radius 1 is 0.579 bits per heavy atom. The lowest BCUT2D eigenvalue weighted by atomic mass is 9.58. The van der Waals surface area contributed by atoms with Crippen molar-refractivity contribution < 1.29 is 0 Å². The monoisotopic (exact) mass is 260 g/mol. The lowest BCUT2D eigenvalue weighted by Crippen LogP contribution is -2.40. The summed E-state index contributed by atoms with van der Waals surface area (Å²) in [6.45, 7) is 2.53. The van der Waals surface area contributed by atoms with Crippen molar-refractivity contribution in [3.05, 3.63) is 0 Å². The largest absolute Gasteiger partial charge is 0.0625 e. The maximum atomic E-state index is 2.53. The van der Waals surface area contributed by atoms with Crippen molar-refractivity contribution in [3.63, 3.8) is 0 Å². The van der Waals surface area contributed by atoms with Crippen LogP contribution in [-0.2, 0) is 0 Å². The van der Waals surface area contributed by atoms with Gasteiger partial charge in [0.15, 0.2) is 0 Å². The van der Waals surface area contributed by atoms with E-state index in [1.54, 1.807) is 64.2 Å². The van der Waals surface area contributed by atoms with Crippen molar-refractivity contribution in [1.82, 2.24) is 0 Å². The van der Waals surface area contributed by atoms with Gasteiger partial charge in [-0.2, -0.15) is 0 Å². The third-order valence-corrected chi connectivity index (χ3v) is 7.49. The van der Waals surface area contributed by atoms with E-state index in [0.717, 1.165) is 41.4 Å². The zero-order valence-corrected chi connectivity index (χ0v) is 12.8. The molecule has 0 radical (unpaired) electrons. The first-order valence-corrected chi connectivity index (χ1v) is 9.33. The summed E-state index contributed by atoms with van der Waals surface area (Å²) >= 11 is 0. The summed E-state index contributed by atoms with van der Waals surface area (Å²) in [4.78, 5) is 0. The minimum Gasteiger partial charge on any atom is -0.0625 e. The van der Waals surface area contributed by atoms with Gasteiger partial charge in [0.2, 0.25) is 0 Å². The quantitative estimate of drug-likeness (QED) is 0.570. The lowest BCUT2D eigenvalue weighted by Gasteiger charge is -2.47. The van der Waals surface area contributed by atoms with Gasteiger partial charge in [0.05, 0.1) is 0 Å². The Hall–Kier alpha value is 0. The van der Waals surface area contributed by atoms with Gasteiger partial charge in [0.25, 0.3) is 0 Å². The van der Waals surface area contributed by atoms with Crippen LogP contribution >= 0.6 is 0 Å². The van der Waals surface area contributed by atoms with E-state index in [0.29, 0.717) is 0 Å². The molecule has 4 fully saturated rings. The summed E-state index contributed by atoms with van der Waals surface area (Å²) in [7, 11) is 0. The molecule has 0 aromatic rings. The van der Waals surface area contributed by atoms with E-state index in [2.05, 4.69) is 6.92 Å². The van der Waals surface area contributed by atoms with E-state index >= 15 is 0 Å². The standard InChI is InChI=1S/C19H32/c1-13-10-16-12-15-8-5-9-17(15)19(18(16)11-13)14-6-3-2-4-7-14/h13-19H,2-12H2,1H3/t13?,15?,16?,17-,18?,19-/m1/s1. The van der Waals surface area contributed by atoms with Crippen LogP contribution in [0.25, 0.3) is 0 Å². The van der Waals surface area contributed by atoms with Crippen LogP contribution in [0.5, 0.6) is 0 Å². The molecule has 0 saturated heterocycles. The predicted octanol–water partition coefficient (Wildman–Crippen LogP) is 5.67. The molecule has 0 aliphatic heterocycles. The first-order valence-electron chi connectivity index (χ1n) is 9.33. The Kier molecular flexibility index (Phi) is 3.40. The van der Waals surface area contributed by atoms with Gasteiger partial charge in [-0.25, -0.2) is 0 Å². The fourth-order valence-electron chi connectivity index (χ4n) is 6.98. The predicted molar refractivity (Wildman–Crippen MR) is 80.9 cm³/mol. The van der Waals surface area contributed by atoms with Gasteiger partial charge >= 0.3 is 0 Å². The van der Waals surface area contributed by atoms with Gasteiger partial charge in [0, 0.05) is 0 Å². The van der Waals surface area contributed by atoms with E-state index < -0.39 is 0 Å². The first kappa shape index (κ1) is 12.7. The highest BCUT2D eigenvalue weighted by Gasteiger charge is 2.51. The highest BCUT2D eigenvalue weighted by atomic mass is 14.6. The molecule has 0 N–H and O–H groups in total. The van der Waals surface area contributed by atoms with E-state index in [1.165, 1.54) is 6.42 Å². The summed E-state index contributed by atoms with van der Waals surface area (Å²) < 4.78 is 0. The number of fused-ring (bicyclic) bond motifs is 2. The van der Waals surface area contributed by atoms with E-state index in [1.807, 2.05) is 0 Å². The molecule has 0 spiro atoms. The lowest BCUT2D eigenvalue weighted by molar-refractivity contribution is 0.0163. The fourth-order valence-corrected chi connectivity index (χ4v) is 6.98. The second kappa shape index (κ2) is 5.08. The van der Waals surface area contributed by atoms with Crippen molar-refractivity contribution in [2.75, 3.05) is 0 Å². The molecule has 0 aromatic carbocycles. The number of hydrogen-bond acceptors (Lipinski definition) is 0. The van der Waals surface area contributed by atoms with Gasteiger partial charge < -0.3 is 0 Å². The molecule has 0 amide bonds. The van der Waals surface area contributed by atoms with Gasteiger partial charge in [-0.05, 0) is 67.1 Å². The molecule has 0 aromatic heterocycles. The summed E-state index contributed by atoms with van der Waals surface area (Å²) in [5.74, 6) is 7.95. The van der Waals surface area contributed by atoms with Crippen LogP contribution in [0, 0.1) is 41.4 Å². The zero-order valence-electron chi connectivity index (χ0n) is 12.8. The Labute approximate surface area is 119 Å². The fraction of sp³-hybridized carbons (Fsp3) is 1.00. The summed E-state index contributed by atoms with van der Waals surface area (Å²) in [5, 5.41) is 0. The van der Waals surface area contributed by atoms with Crippen LogP contribution in [0.4, 0.5) is 0 Å². The van der Waals surface area contributed by atoms with Gasteiger partial charge in [-0.3, -0.25) is 0 Å². The molecule has 0 heteroatoms. The SMILES string of the molecule is CC1CC2CC3CCC[C@H]3[C@@H](C3CCCCC3)C2C1. The third-order valence-electron chi connectivity index (χ3n) is 7.49. The molecule has 4 saturated carbocycles. The molecule has 4 aliphatic carbocycles. The molecule has 0 nitrogen and oxygen atoms in total. The van der Waals surface area contributed by atoms with Gasteiger partial charge in [-0.1, -0.05) is 51.9 Å². The van der Waals surface area contributed by atoms with Crippen molar-refractivity contribution >= 4 is 0 Å². The summed E-state index contributed by atoms with van der Waals surface area (Å²) in [6.07, 6.45) is 17.4. The molecule has 6 atom stereocenters. The van der Waals surface area contributed by atoms with Crippen molar-refractivity contribution in [1.29, 1.82) is 0 Å². The normalized spacial score (nSPS) is 51.0. The van der Waals surface area contributed by atoms with Gasteiger partial charge in [0.1, 0.15) is 0 Å². The zero-order chi connectivity index (χ0) is 12.8. The average molecular weight is 260 g/mol. The molecule has 4 aliphatic rings. The third kappa shape index (κ3) is 2.18. The molecule has 108 valence electrons. The minimum atomic E-state index is 1.04. The molecule has 0 bridgehead atoms. The van der Waals surface area contributed by atoms with Crippen LogP contribution < -0.4 is 0 Å². The van der Waals surface area contributed by atoms with E-state index in [4.69, 9.17) is 0 Å². The second-order valence-electron chi connectivity index (χ2n) is 8.57. The van der Waals surface area contributed by atoms with Crippen LogP contribution in [0.15, 0.2) is 0 Å². The number of rotatable bonds is 1. The molecule has 0 heterocycles. The van der Waals surface area contributed by atoms with Crippen molar-refractivity contribution in [2.45, 2.75) is 77.6 Å². The second-order valence-corrected chi connectivity index (χ2v) is 8.57. The van der Waals surface area contributed by atoms with E-state index in [-0.39, 0.29) is 0 Å². The number of hydrogen-bond donors (Lipinski definition) is 0. The highest BCUT2D eigenvalue weighted by Crippen LogP contribution is 2.59. The molecular formula is C19H32. The van der Waals surface area contributed by atoms with Crippen LogP contribution in [0.2, 0.25) is 0 Å². The smallest absolute Gasteiger partial charge is 0.0324 e. The molecule has 19 heavy (non-hydrogen) atoms. The van der Waals surface area contributed by atoms with Gasteiger partial charge in [-0.15, -0.1) is 0 Å². The molecular weight excluding hydrogens is 228 g/mol. The Morgan fingerprint density at radius 2 is 1.37 bits per heavy atom. The van der Waals surface area contributed by atoms with Crippen molar-refractivity contribution in [2.24, 2.45) is 41.4 Å². The maximum Gasteiger partial charge on any atom is -0.0324 e. The Balaban J connectivity index is 1.59. The highest BCUT2D eigenvalue weighted by molar-refractivity contribution is 5.00. The summed E-state index contributed by atoms with van der Waals surface area (Å²) in [6, 6.07) is 0. The van der Waals surface area contributed by atoms with Crippen LogP contribution in [0.1, 0.15) is 77.6 Å². The minimum absolute atomic E-state index is 1.04. The molecule has 4 rings (SSSR count). The Bertz CT molecular complexity index is 314. The maximum absolute atomic E-state index is 2.53. The van der Waals surface area contributed by atoms with Crippen LogP contribution in [-0.4, -0.2) is 0 Å². The average Bonchev–Trinajstić information content (AvgIpc) is 3.01. The topological polar surface area (TPSA) is 0 Å². The summed E-state index contributed by atoms with van der Waals surface area (Å²) in [5.41, 5.74) is 0.